The number of amides is 1. The van der Waals surface area contributed by atoms with E-state index in [4.69, 9.17) is 0 Å². The van der Waals surface area contributed by atoms with E-state index in [1.54, 1.807) is 37.1 Å². The third-order valence-electron chi connectivity index (χ3n) is 5.28. The van der Waals surface area contributed by atoms with Crippen LogP contribution in [-0.4, -0.2) is 69.2 Å². The van der Waals surface area contributed by atoms with Crippen molar-refractivity contribution in [2.24, 2.45) is 7.05 Å². The molecule has 1 saturated heterocycles. The molecule has 0 unspecified atom stereocenters. The summed E-state index contributed by atoms with van der Waals surface area (Å²) in [6.07, 6.45) is -1.34. The van der Waals surface area contributed by atoms with Crippen LogP contribution < -0.4 is 0 Å². The Bertz CT molecular complexity index is 813. The number of carbonyl (C=O) groups excluding carboxylic acids is 1. The van der Waals surface area contributed by atoms with E-state index in [1.807, 2.05) is 7.05 Å². The fourth-order valence-corrected chi connectivity index (χ4v) is 3.80. The standard InChI is InChI=1S/C19H26F2N4O2/c1-12(26)11-23(2)14-6-8-25(9-7-14)19(27)13-4-5-16-15(10-13)22-18(17(20)21)24(16)3/h4-5,10,12,14,17,26H,6-9,11H2,1-3H3/t12-/m0/s1. The van der Waals surface area contributed by atoms with Gasteiger partial charge in [0.25, 0.3) is 12.3 Å². The number of alkyl halides is 2. The fraction of sp³-hybridized carbons (Fsp3) is 0.579. The highest BCUT2D eigenvalue weighted by Gasteiger charge is 2.27. The van der Waals surface area contributed by atoms with Crippen LogP contribution in [-0.2, 0) is 7.05 Å². The maximum absolute atomic E-state index is 13.0. The Morgan fingerprint density at radius 3 is 2.63 bits per heavy atom. The van der Waals surface area contributed by atoms with Crippen LogP contribution in [0.1, 0.15) is 42.4 Å². The normalized spacial score (nSPS) is 17.3. The largest absolute Gasteiger partial charge is 0.392 e. The van der Waals surface area contributed by atoms with Gasteiger partial charge in [-0.15, -0.1) is 0 Å². The molecule has 1 atom stereocenters. The number of likely N-dealkylation sites (N-methyl/N-ethyl adjacent to an activating group) is 1. The van der Waals surface area contributed by atoms with Gasteiger partial charge in [-0.3, -0.25) is 4.79 Å². The third kappa shape index (κ3) is 4.11. The molecule has 1 aliphatic rings. The highest BCUT2D eigenvalue weighted by molar-refractivity contribution is 5.97. The molecule has 3 rings (SSSR count). The Kier molecular flexibility index (Phi) is 5.76. The first-order chi connectivity index (χ1) is 12.8. The Morgan fingerprint density at radius 1 is 1.37 bits per heavy atom. The molecule has 1 aliphatic heterocycles. The van der Waals surface area contributed by atoms with Crippen molar-refractivity contribution in [2.45, 2.75) is 38.3 Å². The number of hydrogen-bond acceptors (Lipinski definition) is 4. The van der Waals surface area contributed by atoms with Gasteiger partial charge in [0.05, 0.1) is 17.1 Å². The minimum atomic E-state index is -2.65. The second kappa shape index (κ2) is 7.90. The number of aryl methyl sites for hydroxylation is 1. The number of aliphatic hydroxyl groups is 1. The van der Waals surface area contributed by atoms with E-state index in [2.05, 4.69) is 9.88 Å². The highest BCUT2D eigenvalue weighted by Crippen LogP contribution is 2.25. The SMILES string of the molecule is C[C@H](O)CN(C)C1CCN(C(=O)c2ccc3c(c2)nc(C(F)F)n3C)CC1. The quantitative estimate of drug-likeness (QED) is 0.866. The number of fused-ring (bicyclic) bond motifs is 1. The summed E-state index contributed by atoms with van der Waals surface area (Å²) in [6.45, 7) is 3.65. The van der Waals surface area contributed by atoms with Crippen LogP contribution in [0.5, 0.6) is 0 Å². The molecule has 27 heavy (non-hydrogen) atoms. The lowest BCUT2D eigenvalue weighted by Crippen LogP contribution is -2.46. The van der Waals surface area contributed by atoms with Gasteiger partial charge in [0, 0.05) is 38.3 Å². The van der Waals surface area contributed by atoms with Gasteiger partial charge in [-0.05, 0) is 45.0 Å². The molecule has 2 heterocycles. The molecule has 1 aromatic heterocycles. The molecule has 1 N–H and O–H groups in total. The van der Waals surface area contributed by atoms with Gasteiger partial charge in [-0.1, -0.05) is 0 Å². The van der Waals surface area contributed by atoms with Crippen molar-refractivity contribution in [1.29, 1.82) is 0 Å². The Balaban J connectivity index is 1.70. The van der Waals surface area contributed by atoms with Crippen molar-refractivity contribution in [3.63, 3.8) is 0 Å². The summed E-state index contributed by atoms with van der Waals surface area (Å²) in [6, 6.07) is 5.28. The molecule has 148 valence electrons. The molecular weight excluding hydrogens is 354 g/mol. The van der Waals surface area contributed by atoms with E-state index in [-0.39, 0.29) is 17.8 Å². The average molecular weight is 380 g/mol. The number of rotatable bonds is 5. The van der Waals surface area contributed by atoms with Gasteiger partial charge in [-0.2, -0.15) is 0 Å². The molecule has 6 nitrogen and oxygen atoms in total. The summed E-state index contributed by atoms with van der Waals surface area (Å²) in [5.74, 6) is -0.394. The van der Waals surface area contributed by atoms with Crippen molar-refractivity contribution in [3.05, 3.63) is 29.6 Å². The molecule has 0 radical (unpaired) electrons. The average Bonchev–Trinajstić information content (AvgIpc) is 2.97. The number of aromatic nitrogens is 2. The maximum Gasteiger partial charge on any atom is 0.295 e. The second-order valence-electron chi connectivity index (χ2n) is 7.35. The van der Waals surface area contributed by atoms with Crippen LogP contribution in [0.2, 0.25) is 0 Å². The van der Waals surface area contributed by atoms with Crippen LogP contribution in [0, 0.1) is 0 Å². The van der Waals surface area contributed by atoms with Gasteiger partial charge in [0.1, 0.15) is 0 Å². The molecule has 8 heteroatoms. The first-order valence-electron chi connectivity index (χ1n) is 9.20. The number of carbonyl (C=O) groups is 1. The van der Waals surface area contributed by atoms with Crippen molar-refractivity contribution in [1.82, 2.24) is 19.4 Å². The van der Waals surface area contributed by atoms with E-state index in [1.165, 1.54) is 4.57 Å². The smallest absolute Gasteiger partial charge is 0.295 e. The molecule has 1 amide bonds. The topological polar surface area (TPSA) is 61.6 Å². The molecule has 0 bridgehead atoms. The molecule has 1 aromatic carbocycles. The number of piperidine rings is 1. The maximum atomic E-state index is 13.0. The van der Waals surface area contributed by atoms with E-state index >= 15 is 0 Å². The number of hydrogen-bond donors (Lipinski definition) is 1. The van der Waals surface area contributed by atoms with Crippen molar-refractivity contribution >= 4 is 16.9 Å². The first-order valence-corrected chi connectivity index (χ1v) is 9.20. The fourth-order valence-electron chi connectivity index (χ4n) is 3.80. The number of aliphatic hydroxyl groups excluding tert-OH is 1. The minimum Gasteiger partial charge on any atom is -0.392 e. The summed E-state index contributed by atoms with van der Waals surface area (Å²) < 4.78 is 27.4. The van der Waals surface area contributed by atoms with Gasteiger partial charge in [0.2, 0.25) is 0 Å². The Hall–Kier alpha value is -2.06. The van der Waals surface area contributed by atoms with Gasteiger partial charge < -0.3 is 19.5 Å². The van der Waals surface area contributed by atoms with Crippen molar-refractivity contribution < 1.29 is 18.7 Å². The zero-order valence-corrected chi connectivity index (χ0v) is 15.9. The Morgan fingerprint density at radius 2 is 2.04 bits per heavy atom. The molecule has 2 aromatic rings. The van der Waals surface area contributed by atoms with E-state index < -0.39 is 6.43 Å². The van der Waals surface area contributed by atoms with Crippen LogP contribution >= 0.6 is 0 Å². The van der Waals surface area contributed by atoms with Gasteiger partial charge in [-0.25, -0.2) is 13.8 Å². The molecule has 0 saturated carbocycles. The lowest BCUT2D eigenvalue weighted by molar-refractivity contribution is 0.0577. The molecular formula is C19H26F2N4O2. The van der Waals surface area contributed by atoms with Crippen LogP contribution in [0.25, 0.3) is 11.0 Å². The second-order valence-corrected chi connectivity index (χ2v) is 7.35. The van der Waals surface area contributed by atoms with E-state index in [9.17, 15) is 18.7 Å². The predicted octanol–water partition coefficient (Wildman–Crippen LogP) is 2.43. The number of imidazole rings is 1. The first kappa shape index (κ1) is 19.7. The van der Waals surface area contributed by atoms with E-state index in [0.29, 0.717) is 42.3 Å². The van der Waals surface area contributed by atoms with Crippen molar-refractivity contribution in [2.75, 3.05) is 26.7 Å². The number of nitrogens with zero attached hydrogens (tertiary/aromatic N) is 4. The zero-order valence-electron chi connectivity index (χ0n) is 15.9. The summed E-state index contributed by atoms with van der Waals surface area (Å²) in [7, 11) is 3.54. The number of likely N-dealkylation sites (tertiary alicyclic amines) is 1. The van der Waals surface area contributed by atoms with Crippen LogP contribution in [0.15, 0.2) is 18.2 Å². The van der Waals surface area contributed by atoms with Gasteiger partial charge >= 0.3 is 0 Å². The Labute approximate surface area is 157 Å². The highest BCUT2D eigenvalue weighted by atomic mass is 19.3. The van der Waals surface area contributed by atoms with Crippen molar-refractivity contribution in [3.8, 4) is 0 Å². The molecule has 1 fully saturated rings. The van der Waals surface area contributed by atoms with Crippen LogP contribution in [0.4, 0.5) is 8.78 Å². The predicted molar refractivity (Wildman–Crippen MR) is 98.9 cm³/mol. The summed E-state index contributed by atoms with van der Waals surface area (Å²) in [5.41, 5.74) is 1.46. The lowest BCUT2D eigenvalue weighted by atomic mass is 10.0. The van der Waals surface area contributed by atoms with Gasteiger partial charge in [0.15, 0.2) is 5.82 Å². The molecule has 0 spiro atoms. The number of benzene rings is 1. The minimum absolute atomic E-state index is 0.0993. The summed E-state index contributed by atoms with van der Waals surface area (Å²) in [5, 5.41) is 9.52. The monoisotopic (exact) mass is 380 g/mol. The molecule has 0 aliphatic carbocycles. The van der Waals surface area contributed by atoms with E-state index in [0.717, 1.165) is 12.8 Å². The third-order valence-corrected chi connectivity index (χ3v) is 5.28. The number of halogens is 2. The summed E-state index contributed by atoms with van der Waals surface area (Å²) in [4.78, 5) is 20.7. The zero-order chi connectivity index (χ0) is 19.7. The van der Waals surface area contributed by atoms with Crippen LogP contribution in [0.3, 0.4) is 0 Å². The summed E-state index contributed by atoms with van der Waals surface area (Å²) >= 11 is 0. The lowest BCUT2D eigenvalue weighted by Gasteiger charge is -2.37.